The Bertz CT molecular complexity index is 781. The molecule has 2 rings (SSSR count). The van der Waals surface area contributed by atoms with Crippen molar-refractivity contribution in [1.82, 2.24) is 20.6 Å². The Labute approximate surface area is 150 Å². The number of hydrogen-bond donors (Lipinski definition) is 4. The molecule has 1 aromatic carbocycles. The molecule has 0 aliphatic rings. The number of amides is 3. The number of benzene rings is 1. The molecule has 0 saturated carbocycles. The number of nitrogens with two attached hydrogens (primary N) is 2. The zero-order chi connectivity index (χ0) is 18.9. The van der Waals surface area contributed by atoms with Crippen molar-refractivity contribution in [3.05, 3.63) is 54.0 Å². The highest BCUT2D eigenvalue weighted by molar-refractivity contribution is 5.99. The quantitative estimate of drug-likeness (QED) is 0.495. The van der Waals surface area contributed by atoms with E-state index in [-0.39, 0.29) is 30.9 Å². The summed E-state index contributed by atoms with van der Waals surface area (Å²) in [5, 5.41) is 5.19. The van der Waals surface area contributed by atoms with Crippen LogP contribution in [0.3, 0.4) is 0 Å². The van der Waals surface area contributed by atoms with E-state index >= 15 is 0 Å². The molecule has 0 unspecified atom stereocenters. The summed E-state index contributed by atoms with van der Waals surface area (Å²) in [4.78, 5) is 43.4. The molecule has 0 saturated heterocycles. The van der Waals surface area contributed by atoms with E-state index in [0.717, 1.165) is 5.56 Å². The second kappa shape index (κ2) is 9.11. The maximum atomic E-state index is 12.4. The van der Waals surface area contributed by atoms with Crippen LogP contribution in [-0.2, 0) is 16.0 Å². The Morgan fingerprint density at radius 3 is 2.42 bits per heavy atom. The Kier molecular flexibility index (Phi) is 6.60. The van der Waals surface area contributed by atoms with Gasteiger partial charge in [-0.15, -0.1) is 0 Å². The monoisotopic (exact) mass is 356 g/mol. The molecule has 0 bridgehead atoms. The van der Waals surface area contributed by atoms with Crippen LogP contribution in [-0.4, -0.2) is 40.3 Å². The van der Waals surface area contributed by atoms with E-state index in [9.17, 15) is 14.4 Å². The van der Waals surface area contributed by atoms with Crippen molar-refractivity contribution in [2.24, 2.45) is 5.73 Å². The molecule has 0 aliphatic heterocycles. The van der Waals surface area contributed by atoms with E-state index in [4.69, 9.17) is 11.5 Å². The summed E-state index contributed by atoms with van der Waals surface area (Å²) in [5.41, 5.74) is 11.5. The predicted molar refractivity (Wildman–Crippen MR) is 94.7 cm³/mol. The van der Waals surface area contributed by atoms with Crippen molar-refractivity contribution in [3.63, 3.8) is 0 Å². The van der Waals surface area contributed by atoms with Crippen molar-refractivity contribution in [1.29, 1.82) is 0 Å². The highest BCUT2D eigenvalue weighted by Gasteiger charge is 2.23. The van der Waals surface area contributed by atoms with Gasteiger partial charge in [0.25, 0.3) is 5.91 Å². The number of carbonyl (C=O) groups excluding carboxylic acids is 3. The highest BCUT2D eigenvalue weighted by atomic mass is 16.2. The SMILES string of the molecule is NC(=O)CCNC(=O)[C@H](Cc1ccccc1)NC(=O)c1nccnc1N. The minimum Gasteiger partial charge on any atom is -0.382 e. The fourth-order valence-electron chi connectivity index (χ4n) is 2.24. The van der Waals surface area contributed by atoms with Crippen LogP contribution in [0, 0.1) is 0 Å². The number of hydrogen-bond acceptors (Lipinski definition) is 6. The van der Waals surface area contributed by atoms with Crippen LogP contribution in [0.5, 0.6) is 0 Å². The van der Waals surface area contributed by atoms with E-state index in [1.54, 1.807) is 0 Å². The molecule has 0 radical (unpaired) electrons. The van der Waals surface area contributed by atoms with Crippen LogP contribution >= 0.6 is 0 Å². The van der Waals surface area contributed by atoms with Crippen molar-refractivity contribution >= 4 is 23.5 Å². The summed E-state index contributed by atoms with van der Waals surface area (Å²) in [5.74, 6) is -1.61. The van der Waals surface area contributed by atoms with Gasteiger partial charge in [-0.25, -0.2) is 9.97 Å². The van der Waals surface area contributed by atoms with Crippen LogP contribution in [0.15, 0.2) is 42.7 Å². The van der Waals surface area contributed by atoms with Gasteiger partial charge >= 0.3 is 0 Å². The lowest BCUT2D eigenvalue weighted by Crippen LogP contribution is -2.48. The zero-order valence-electron chi connectivity index (χ0n) is 14.0. The lowest BCUT2D eigenvalue weighted by atomic mass is 10.0. The highest BCUT2D eigenvalue weighted by Crippen LogP contribution is 2.07. The van der Waals surface area contributed by atoms with Crippen LogP contribution in [0.2, 0.25) is 0 Å². The van der Waals surface area contributed by atoms with Crippen molar-refractivity contribution in [2.45, 2.75) is 18.9 Å². The lowest BCUT2D eigenvalue weighted by Gasteiger charge is -2.18. The normalized spacial score (nSPS) is 11.4. The molecule has 6 N–H and O–H groups in total. The summed E-state index contributed by atoms with van der Waals surface area (Å²) in [6.07, 6.45) is 2.97. The van der Waals surface area contributed by atoms with Crippen molar-refractivity contribution in [3.8, 4) is 0 Å². The van der Waals surface area contributed by atoms with Crippen LogP contribution in [0.1, 0.15) is 22.5 Å². The van der Waals surface area contributed by atoms with E-state index < -0.39 is 23.8 Å². The molecule has 1 heterocycles. The Morgan fingerprint density at radius 1 is 1.08 bits per heavy atom. The van der Waals surface area contributed by atoms with E-state index in [1.807, 2.05) is 30.3 Å². The van der Waals surface area contributed by atoms with Crippen LogP contribution < -0.4 is 22.1 Å². The summed E-state index contributed by atoms with van der Waals surface area (Å²) in [7, 11) is 0. The number of nitrogens with one attached hydrogen (secondary N) is 2. The molecule has 136 valence electrons. The molecule has 3 amide bonds. The van der Waals surface area contributed by atoms with Gasteiger partial charge in [-0.05, 0) is 5.56 Å². The second-order valence-corrected chi connectivity index (χ2v) is 5.51. The molecule has 0 fully saturated rings. The number of nitrogen functional groups attached to an aromatic ring is 1. The average Bonchev–Trinajstić information content (AvgIpc) is 2.62. The molecule has 0 aliphatic carbocycles. The third-order valence-corrected chi connectivity index (χ3v) is 3.52. The van der Waals surface area contributed by atoms with E-state index in [1.165, 1.54) is 12.4 Å². The van der Waals surface area contributed by atoms with Crippen molar-refractivity contribution in [2.75, 3.05) is 12.3 Å². The first-order chi connectivity index (χ1) is 12.5. The van der Waals surface area contributed by atoms with E-state index in [2.05, 4.69) is 20.6 Å². The first-order valence-electron chi connectivity index (χ1n) is 7.94. The zero-order valence-corrected chi connectivity index (χ0v) is 14.0. The Hall–Kier alpha value is -3.49. The third kappa shape index (κ3) is 5.55. The fourth-order valence-corrected chi connectivity index (χ4v) is 2.24. The van der Waals surface area contributed by atoms with Gasteiger partial charge in [0.15, 0.2) is 11.5 Å². The molecule has 9 heteroatoms. The van der Waals surface area contributed by atoms with Gasteiger partial charge in [-0.1, -0.05) is 30.3 Å². The topological polar surface area (TPSA) is 153 Å². The molecular weight excluding hydrogens is 336 g/mol. The standard InChI is InChI=1S/C17H20N6O3/c18-13(24)6-7-22-16(25)12(10-11-4-2-1-3-5-11)23-17(26)14-15(19)21-9-8-20-14/h1-5,8-9,12H,6-7,10H2,(H2,18,24)(H2,19,21)(H,22,25)(H,23,26)/t12-/m0/s1. The minimum atomic E-state index is -0.876. The summed E-state index contributed by atoms with van der Waals surface area (Å²) >= 11 is 0. The minimum absolute atomic E-state index is 0.00878. The molecule has 1 aromatic heterocycles. The van der Waals surface area contributed by atoms with E-state index in [0.29, 0.717) is 0 Å². The van der Waals surface area contributed by atoms with Gasteiger partial charge in [0.05, 0.1) is 0 Å². The number of primary amides is 1. The van der Waals surface area contributed by atoms with Crippen LogP contribution in [0.4, 0.5) is 5.82 Å². The molecule has 1 atom stereocenters. The number of anilines is 1. The average molecular weight is 356 g/mol. The van der Waals surface area contributed by atoms with Gasteiger partial charge in [-0.2, -0.15) is 0 Å². The first kappa shape index (κ1) is 18.8. The van der Waals surface area contributed by atoms with Gasteiger partial charge < -0.3 is 22.1 Å². The fraction of sp³-hybridized carbons (Fsp3) is 0.235. The summed E-state index contributed by atoms with van der Waals surface area (Å²) < 4.78 is 0. The third-order valence-electron chi connectivity index (χ3n) is 3.52. The lowest BCUT2D eigenvalue weighted by molar-refractivity contribution is -0.123. The largest absolute Gasteiger partial charge is 0.382 e. The first-order valence-corrected chi connectivity index (χ1v) is 7.94. The summed E-state index contributed by atoms with van der Waals surface area (Å²) in [6.45, 7) is 0.0859. The predicted octanol–water partition coefficient (Wildman–Crippen LogP) is -0.608. The Balaban J connectivity index is 2.11. The number of nitrogens with zero attached hydrogens (tertiary/aromatic N) is 2. The number of carbonyl (C=O) groups is 3. The molecular formula is C17H20N6O3. The van der Waals surface area contributed by atoms with Crippen LogP contribution in [0.25, 0.3) is 0 Å². The number of rotatable bonds is 8. The smallest absolute Gasteiger partial charge is 0.274 e. The van der Waals surface area contributed by atoms with Gasteiger partial charge in [0, 0.05) is 31.8 Å². The molecule has 9 nitrogen and oxygen atoms in total. The van der Waals surface area contributed by atoms with Gasteiger partial charge in [0.1, 0.15) is 6.04 Å². The number of aromatic nitrogens is 2. The van der Waals surface area contributed by atoms with Gasteiger partial charge in [0.2, 0.25) is 11.8 Å². The Morgan fingerprint density at radius 2 is 1.77 bits per heavy atom. The molecule has 0 spiro atoms. The van der Waals surface area contributed by atoms with Gasteiger partial charge in [-0.3, -0.25) is 14.4 Å². The molecule has 26 heavy (non-hydrogen) atoms. The second-order valence-electron chi connectivity index (χ2n) is 5.51. The maximum absolute atomic E-state index is 12.4. The summed E-state index contributed by atoms with van der Waals surface area (Å²) in [6, 6.07) is 8.32. The van der Waals surface area contributed by atoms with Crippen molar-refractivity contribution < 1.29 is 14.4 Å². The maximum Gasteiger partial charge on any atom is 0.274 e. The molecule has 2 aromatic rings.